The SMILES string of the molecule is CCCC[C@@]12C=CC(=O)N1CCc1cc(OC)c(OC)cc12. The third kappa shape index (κ3) is 2.09. The van der Waals surface area contributed by atoms with Crippen LogP contribution in [0.15, 0.2) is 24.3 Å². The van der Waals surface area contributed by atoms with Gasteiger partial charge in [0.05, 0.1) is 19.8 Å². The third-order valence-corrected chi connectivity index (χ3v) is 4.84. The average molecular weight is 301 g/mol. The molecule has 2 aliphatic rings. The lowest BCUT2D eigenvalue weighted by Gasteiger charge is -2.44. The summed E-state index contributed by atoms with van der Waals surface area (Å²) in [5.74, 6) is 1.61. The third-order valence-electron chi connectivity index (χ3n) is 4.84. The molecule has 4 nitrogen and oxygen atoms in total. The van der Waals surface area contributed by atoms with Crippen LogP contribution in [-0.2, 0) is 16.8 Å². The second-order valence-corrected chi connectivity index (χ2v) is 5.97. The Kier molecular flexibility index (Phi) is 3.85. The van der Waals surface area contributed by atoms with Crippen molar-refractivity contribution in [2.24, 2.45) is 0 Å². The number of unbranched alkanes of at least 4 members (excludes halogenated alkanes) is 1. The summed E-state index contributed by atoms with van der Waals surface area (Å²) in [6, 6.07) is 4.12. The lowest BCUT2D eigenvalue weighted by Crippen LogP contribution is -2.48. The summed E-state index contributed by atoms with van der Waals surface area (Å²) < 4.78 is 10.9. The van der Waals surface area contributed by atoms with Crippen molar-refractivity contribution >= 4 is 5.91 Å². The molecular weight excluding hydrogens is 278 g/mol. The number of methoxy groups -OCH3 is 2. The minimum Gasteiger partial charge on any atom is -0.493 e. The molecular formula is C18H23NO3. The Morgan fingerprint density at radius 1 is 1.23 bits per heavy atom. The fraction of sp³-hybridized carbons (Fsp3) is 0.500. The molecule has 2 heterocycles. The Hall–Kier alpha value is -1.97. The van der Waals surface area contributed by atoms with Gasteiger partial charge in [0.2, 0.25) is 5.91 Å². The number of carbonyl (C=O) groups excluding carboxylic acids is 1. The summed E-state index contributed by atoms with van der Waals surface area (Å²) in [4.78, 5) is 14.3. The number of nitrogens with zero attached hydrogens (tertiary/aromatic N) is 1. The topological polar surface area (TPSA) is 38.8 Å². The van der Waals surface area contributed by atoms with Gasteiger partial charge in [0.1, 0.15) is 0 Å². The molecule has 1 atom stereocenters. The monoisotopic (exact) mass is 301 g/mol. The minimum absolute atomic E-state index is 0.122. The number of ether oxygens (including phenoxy) is 2. The second kappa shape index (κ2) is 5.67. The van der Waals surface area contributed by atoms with Crippen LogP contribution in [0, 0.1) is 0 Å². The van der Waals surface area contributed by atoms with E-state index in [1.807, 2.05) is 4.90 Å². The highest BCUT2D eigenvalue weighted by Gasteiger charge is 2.46. The van der Waals surface area contributed by atoms with E-state index < -0.39 is 0 Å². The fourth-order valence-corrected chi connectivity index (χ4v) is 3.69. The van der Waals surface area contributed by atoms with Crippen LogP contribution in [0.2, 0.25) is 0 Å². The van der Waals surface area contributed by atoms with Crippen LogP contribution in [0.3, 0.4) is 0 Å². The van der Waals surface area contributed by atoms with Crippen molar-refractivity contribution in [3.63, 3.8) is 0 Å². The molecule has 0 fully saturated rings. The number of fused-ring (bicyclic) bond motifs is 3. The summed E-state index contributed by atoms with van der Waals surface area (Å²) in [6.07, 6.45) is 7.81. The fourth-order valence-electron chi connectivity index (χ4n) is 3.69. The van der Waals surface area contributed by atoms with Crippen molar-refractivity contribution in [2.75, 3.05) is 20.8 Å². The Labute approximate surface area is 131 Å². The lowest BCUT2D eigenvalue weighted by molar-refractivity contribution is -0.129. The van der Waals surface area contributed by atoms with E-state index in [0.29, 0.717) is 0 Å². The van der Waals surface area contributed by atoms with E-state index in [4.69, 9.17) is 9.47 Å². The molecule has 0 aromatic heterocycles. The highest BCUT2D eigenvalue weighted by molar-refractivity contribution is 5.92. The van der Waals surface area contributed by atoms with Gasteiger partial charge in [0.15, 0.2) is 11.5 Å². The Morgan fingerprint density at radius 2 is 1.95 bits per heavy atom. The van der Waals surface area contributed by atoms with E-state index in [2.05, 4.69) is 25.1 Å². The van der Waals surface area contributed by atoms with Crippen molar-refractivity contribution < 1.29 is 14.3 Å². The molecule has 0 bridgehead atoms. The molecule has 118 valence electrons. The van der Waals surface area contributed by atoms with Gasteiger partial charge in [-0.15, -0.1) is 0 Å². The molecule has 0 aliphatic carbocycles. The van der Waals surface area contributed by atoms with Crippen LogP contribution in [0.5, 0.6) is 11.5 Å². The van der Waals surface area contributed by atoms with Crippen LogP contribution in [-0.4, -0.2) is 31.6 Å². The number of hydrogen-bond donors (Lipinski definition) is 0. The maximum Gasteiger partial charge on any atom is 0.247 e. The first-order chi connectivity index (χ1) is 10.7. The number of rotatable bonds is 5. The molecule has 0 N–H and O–H groups in total. The van der Waals surface area contributed by atoms with Gasteiger partial charge in [-0.25, -0.2) is 0 Å². The van der Waals surface area contributed by atoms with E-state index in [9.17, 15) is 4.79 Å². The van der Waals surface area contributed by atoms with Gasteiger partial charge in [0, 0.05) is 12.6 Å². The molecule has 22 heavy (non-hydrogen) atoms. The Bertz CT molecular complexity index is 623. The summed E-state index contributed by atoms with van der Waals surface area (Å²) >= 11 is 0. The van der Waals surface area contributed by atoms with Crippen molar-refractivity contribution in [1.29, 1.82) is 0 Å². The molecule has 4 heteroatoms. The number of amides is 1. The highest BCUT2D eigenvalue weighted by Crippen LogP contribution is 2.47. The first-order valence-electron chi connectivity index (χ1n) is 7.92. The van der Waals surface area contributed by atoms with E-state index in [-0.39, 0.29) is 11.4 Å². The van der Waals surface area contributed by atoms with Crippen molar-refractivity contribution in [3.8, 4) is 11.5 Å². The van der Waals surface area contributed by atoms with Gasteiger partial charge < -0.3 is 14.4 Å². The molecule has 1 aromatic rings. The summed E-state index contributed by atoms with van der Waals surface area (Å²) in [5, 5.41) is 0. The van der Waals surface area contributed by atoms with Crippen LogP contribution in [0.25, 0.3) is 0 Å². The Balaban J connectivity index is 2.14. The number of hydrogen-bond acceptors (Lipinski definition) is 3. The van der Waals surface area contributed by atoms with E-state index in [1.165, 1.54) is 11.1 Å². The molecule has 0 radical (unpaired) electrons. The van der Waals surface area contributed by atoms with Gasteiger partial charge >= 0.3 is 0 Å². The Morgan fingerprint density at radius 3 is 2.64 bits per heavy atom. The molecule has 2 aliphatic heterocycles. The summed E-state index contributed by atoms with van der Waals surface area (Å²) in [7, 11) is 3.31. The van der Waals surface area contributed by atoms with Crippen LogP contribution >= 0.6 is 0 Å². The van der Waals surface area contributed by atoms with Gasteiger partial charge in [-0.05, 0) is 42.2 Å². The molecule has 1 aromatic carbocycles. The minimum atomic E-state index is -0.305. The molecule has 0 saturated heterocycles. The van der Waals surface area contributed by atoms with E-state index in [1.54, 1.807) is 20.3 Å². The summed E-state index contributed by atoms with van der Waals surface area (Å²) in [6.45, 7) is 2.94. The van der Waals surface area contributed by atoms with Crippen molar-refractivity contribution in [1.82, 2.24) is 4.90 Å². The van der Waals surface area contributed by atoms with Gasteiger partial charge in [-0.2, -0.15) is 0 Å². The lowest BCUT2D eigenvalue weighted by atomic mass is 9.78. The molecule has 0 saturated carbocycles. The molecule has 3 rings (SSSR count). The predicted molar refractivity (Wildman–Crippen MR) is 85.3 cm³/mol. The molecule has 1 amide bonds. The zero-order chi connectivity index (χ0) is 15.7. The van der Waals surface area contributed by atoms with Crippen LogP contribution < -0.4 is 9.47 Å². The van der Waals surface area contributed by atoms with Gasteiger partial charge in [0.25, 0.3) is 0 Å². The predicted octanol–water partition coefficient (Wildman–Crippen LogP) is 3.04. The van der Waals surface area contributed by atoms with Crippen LogP contribution in [0.4, 0.5) is 0 Å². The van der Waals surface area contributed by atoms with Crippen molar-refractivity contribution in [3.05, 3.63) is 35.4 Å². The highest BCUT2D eigenvalue weighted by atomic mass is 16.5. The molecule has 0 spiro atoms. The molecule has 0 unspecified atom stereocenters. The van der Waals surface area contributed by atoms with Gasteiger partial charge in [-0.1, -0.05) is 19.8 Å². The van der Waals surface area contributed by atoms with E-state index >= 15 is 0 Å². The first-order valence-corrected chi connectivity index (χ1v) is 7.92. The zero-order valence-corrected chi connectivity index (χ0v) is 13.5. The summed E-state index contributed by atoms with van der Waals surface area (Å²) in [5.41, 5.74) is 2.14. The number of benzene rings is 1. The average Bonchev–Trinajstić information content (AvgIpc) is 2.89. The van der Waals surface area contributed by atoms with Crippen LogP contribution in [0.1, 0.15) is 37.3 Å². The second-order valence-electron chi connectivity index (χ2n) is 5.97. The maximum atomic E-state index is 12.2. The maximum absolute atomic E-state index is 12.2. The largest absolute Gasteiger partial charge is 0.493 e. The van der Waals surface area contributed by atoms with Gasteiger partial charge in [-0.3, -0.25) is 4.79 Å². The standard InChI is InChI=1S/C18H23NO3/c1-4-5-8-18-9-6-17(20)19(18)10-7-13-11-15(21-2)16(22-3)12-14(13)18/h6,9,11-12H,4-5,7-8,10H2,1-3H3/t18-/m0/s1. The first kappa shape index (κ1) is 14.9. The quantitative estimate of drug-likeness (QED) is 0.839. The van der Waals surface area contributed by atoms with Crippen molar-refractivity contribution in [2.45, 2.75) is 38.1 Å². The van der Waals surface area contributed by atoms with E-state index in [0.717, 1.165) is 43.7 Å². The zero-order valence-electron chi connectivity index (χ0n) is 13.5. The normalized spacial score (nSPS) is 22.5. The number of carbonyl (C=O) groups is 1. The smallest absolute Gasteiger partial charge is 0.247 e.